The van der Waals surface area contributed by atoms with E-state index in [2.05, 4.69) is 79.7 Å². The molecule has 0 spiro atoms. The maximum Gasteiger partial charge on any atom is 0 e. The predicted octanol–water partition coefficient (Wildman–Crippen LogP) is 4.80. The molecule has 4 rings (SSSR count). The molecule has 1 atom stereocenters. The van der Waals surface area contributed by atoms with E-state index in [1.807, 2.05) is 12.2 Å². The molecule has 1 aliphatic rings. The van der Waals surface area contributed by atoms with Gasteiger partial charge in [0.2, 0.25) is 0 Å². The van der Waals surface area contributed by atoms with Gasteiger partial charge in [0.25, 0.3) is 0 Å². The number of benzene rings is 2. The number of aryl methyl sites for hydroxylation is 1. The average molecular weight is 481 g/mol. The number of hydrogen-bond donors (Lipinski definition) is 0. The van der Waals surface area contributed by atoms with Crippen molar-refractivity contribution in [3.05, 3.63) is 90.5 Å². The number of hydrogen-bond acceptors (Lipinski definition) is 0. The second-order valence-corrected chi connectivity index (χ2v) is 6.60. The van der Waals surface area contributed by atoms with Gasteiger partial charge in [-0.15, -0.1) is 55.3 Å². The molecule has 0 nitrogen and oxygen atoms in total. The van der Waals surface area contributed by atoms with Gasteiger partial charge in [-0.1, -0.05) is 30.3 Å². The first-order valence-electron chi connectivity index (χ1n) is 7.53. The molecule has 0 N–H and O–H groups in total. The van der Waals surface area contributed by atoms with Crippen molar-refractivity contribution in [1.82, 2.24) is 0 Å². The Morgan fingerprint density at radius 3 is 2.48 bits per heavy atom. The Kier molecular flexibility index (Phi) is 7.27. The summed E-state index contributed by atoms with van der Waals surface area (Å²) in [5, 5.41) is 5.65. The zero-order valence-corrected chi connectivity index (χ0v) is 17.8. The Morgan fingerprint density at radius 1 is 1.00 bits per heavy atom. The van der Waals surface area contributed by atoms with Crippen molar-refractivity contribution in [1.29, 1.82) is 0 Å². The first kappa shape index (κ1) is 18.2. The summed E-state index contributed by atoms with van der Waals surface area (Å²) >= 11 is 0. The summed E-state index contributed by atoms with van der Waals surface area (Å²) in [4.78, 5) is 0. The molecule has 0 saturated carbocycles. The third-order valence-electron chi connectivity index (χ3n) is 3.68. The fourth-order valence-corrected chi connectivity index (χ4v) is 3.74. The Bertz CT molecular complexity index is 801. The Morgan fingerprint density at radius 2 is 1.78 bits per heavy atom. The van der Waals surface area contributed by atoms with Crippen molar-refractivity contribution in [3.8, 4) is 0 Å². The Balaban J connectivity index is 0.000000276. The summed E-state index contributed by atoms with van der Waals surface area (Å²) in [6, 6.07) is 21.7. The molecular weight excluding hydrogens is 462 g/mol. The number of allylic oxidation sites excluding steroid dienone is 4. The summed E-state index contributed by atoms with van der Waals surface area (Å²) in [5.41, 5.74) is 1.39. The fraction of sp³-hybridized carbons (Fsp3) is 0.0952. The van der Waals surface area contributed by atoms with Crippen LogP contribution in [0.3, 0.4) is 0 Å². The SMILES string of the molecule is Cc1ccccc1P[c-]1ccc2ccccc21.[C-]1=CC=CC1.[Hf]. The largest absolute Gasteiger partial charge is 0.273 e. The van der Waals surface area contributed by atoms with Gasteiger partial charge in [0.1, 0.15) is 0 Å². The predicted molar refractivity (Wildman–Crippen MR) is 99.9 cm³/mol. The van der Waals surface area contributed by atoms with Crippen LogP contribution >= 0.6 is 8.58 Å². The molecule has 0 bridgehead atoms. The maximum atomic E-state index is 2.99. The molecule has 1 aliphatic carbocycles. The van der Waals surface area contributed by atoms with Crippen molar-refractivity contribution in [3.63, 3.8) is 0 Å². The molecule has 0 aliphatic heterocycles. The van der Waals surface area contributed by atoms with E-state index in [1.165, 1.54) is 26.9 Å². The third-order valence-corrected chi connectivity index (χ3v) is 5.22. The summed E-state index contributed by atoms with van der Waals surface area (Å²) in [6.07, 6.45) is 10.0. The summed E-state index contributed by atoms with van der Waals surface area (Å²) in [7, 11) is 0.754. The third kappa shape index (κ3) is 4.90. The van der Waals surface area contributed by atoms with Gasteiger partial charge in [0.05, 0.1) is 0 Å². The molecule has 0 aromatic heterocycles. The molecular formula is C21H19HfP-2. The first-order chi connectivity index (χ1) is 10.8. The molecule has 0 fully saturated rings. The first-order valence-corrected chi connectivity index (χ1v) is 8.53. The van der Waals surface area contributed by atoms with Crippen molar-refractivity contribution in [2.45, 2.75) is 13.3 Å². The second-order valence-electron chi connectivity index (χ2n) is 5.28. The summed E-state index contributed by atoms with van der Waals surface area (Å²) in [5.74, 6) is 0. The average Bonchev–Trinajstić information content (AvgIpc) is 3.23. The number of fused-ring (bicyclic) bond motifs is 1. The summed E-state index contributed by atoms with van der Waals surface area (Å²) < 4.78 is 0. The van der Waals surface area contributed by atoms with Crippen LogP contribution in [0.25, 0.3) is 10.8 Å². The quantitative estimate of drug-likeness (QED) is 0.281. The molecule has 23 heavy (non-hydrogen) atoms. The molecule has 0 radical (unpaired) electrons. The van der Waals surface area contributed by atoms with Gasteiger partial charge in [0, 0.05) is 25.8 Å². The van der Waals surface area contributed by atoms with E-state index < -0.39 is 0 Å². The Hall–Kier alpha value is -1.17. The van der Waals surface area contributed by atoms with Crippen molar-refractivity contribution in [2.24, 2.45) is 0 Å². The summed E-state index contributed by atoms with van der Waals surface area (Å²) in [6.45, 7) is 2.19. The van der Waals surface area contributed by atoms with E-state index in [-0.39, 0.29) is 25.8 Å². The molecule has 0 saturated heterocycles. The van der Waals surface area contributed by atoms with Gasteiger partial charge < -0.3 is 0 Å². The minimum absolute atomic E-state index is 0. The minimum Gasteiger partial charge on any atom is -0.273 e. The van der Waals surface area contributed by atoms with Gasteiger partial charge >= 0.3 is 0 Å². The van der Waals surface area contributed by atoms with E-state index >= 15 is 0 Å². The van der Waals surface area contributed by atoms with Crippen molar-refractivity contribution in [2.75, 3.05) is 0 Å². The molecule has 3 aromatic carbocycles. The van der Waals surface area contributed by atoms with Crippen LogP contribution in [0.5, 0.6) is 0 Å². The van der Waals surface area contributed by atoms with Gasteiger partial charge in [0.15, 0.2) is 0 Å². The zero-order valence-electron chi connectivity index (χ0n) is 13.2. The van der Waals surface area contributed by atoms with E-state index in [9.17, 15) is 0 Å². The van der Waals surface area contributed by atoms with E-state index in [0.717, 1.165) is 15.0 Å². The van der Waals surface area contributed by atoms with E-state index in [0.29, 0.717) is 0 Å². The van der Waals surface area contributed by atoms with Crippen molar-refractivity contribution < 1.29 is 25.8 Å². The standard InChI is InChI=1S/C16H14P.C5H5.Hf/c1-12-6-2-5-9-15(12)17-16-11-10-13-7-3-4-8-14(13)16;1-2-4-5-3-1;/h2-11,17H,1H3;1-3H,4H2;/q2*-1;. The zero-order chi connectivity index (χ0) is 15.2. The van der Waals surface area contributed by atoms with Crippen LogP contribution in [0.1, 0.15) is 12.0 Å². The fourth-order valence-electron chi connectivity index (χ4n) is 2.46. The van der Waals surface area contributed by atoms with Crippen LogP contribution in [0.4, 0.5) is 0 Å². The second kappa shape index (κ2) is 9.21. The van der Waals surface area contributed by atoms with Gasteiger partial charge in [-0.2, -0.15) is 12.1 Å². The van der Waals surface area contributed by atoms with Gasteiger partial charge in [-0.25, -0.2) is 12.2 Å². The smallest absolute Gasteiger partial charge is 0 e. The monoisotopic (exact) mass is 482 g/mol. The topological polar surface area (TPSA) is 0 Å². The van der Waals surface area contributed by atoms with E-state index in [1.54, 1.807) is 0 Å². The Labute approximate surface area is 159 Å². The normalized spacial score (nSPS) is 12.4. The molecule has 0 heterocycles. The van der Waals surface area contributed by atoms with Gasteiger partial charge in [-0.05, 0) is 17.8 Å². The van der Waals surface area contributed by atoms with Gasteiger partial charge in [-0.3, -0.25) is 6.08 Å². The van der Waals surface area contributed by atoms with Crippen LogP contribution in [0, 0.1) is 13.0 Å². The van der Waals surface area contributed by atoms with Crippen LogP contribution in [-0.4, -0.2) is 0 Å². The van der Waals surface area contributed by atoms with Crippen LogP contribution in [0.15, 0.2) is 78.9 Å². The minimum atomic E-state index is 0. The number of rotatable bonds is 2. The molecule has 2 heteroatoms. The molecule has 1 unspecified atom stereocenters. The van der Waals surface area contributed by atoms with Crippen molar-refractivity contribution >= 4 is 30.0 Å². The maximum absolute atomic E-state index is 2.99. The molecule has 114 valence electrons. The van der Waals surface area contributed by atoms with E-state index in [4.69, 9.17) is 0 Å². The van der Waals surface area contributed by atoms with Crippen LogP contribution in [0.2, 0.25) is 0 Å². The molecule has 0 amide bonds. The molecule has 3 aromatic rings. The van der Waals surface area contributed by atoms with Crippen LogP contribution < -0.4 is 10.6 Å². The van der Waals surface area contributed by atoms with Crippen LogP contribution in [-0.2, 0) is 25.8 Å².